The molecule has 0 aromatic carbocycles. The predicted molar refractivity (Wildman–Crippen MR) is 63.6 cm³/mol. The van der Waals surface area contributed by atoms with Crippen molar-refractivity contribution < 1.29 is 0 Å². The standard InChI is InChI=1S/C11H18N2S/c1-8-12-9-5-6-13(11(2,3)4)7-10(9)14-8/h7-8H,5-6H2,1-4H3. The van der Waals surface area contributed by atoms with Crippen LogP contribution < -0.4 is 0 Å². The number of thioether (sulfide) groups is 1. The lowest BCUT2D eigenvalue weighted by atomic mass is 10.0. The number of aliphatic imine (C=N–C) groups is 1. The van der Waals surface area contributed by atoms with Crippen LogP contribution in [-0.2, 0) is 0 Å². The highest BCUT2D eigenvalue weighted by atomic mass is 32.2. The average Bonchev–Trinajstić information content (AvgIpc) is 2.41. The molecule has 0 aromatic heterocycles. The van der Waals surface area contributed by atoms with E-state index in [1.807, 2.05) is 11.8 Å². The molecule has 2 heterocycles. The van der Waals surface area contributed by atoms with Gasteiger partial charge in [0.25, 0.3) is 0 Å². The molecule has 2 aliphatic heterocycles. The Kier molecular flexibility index (Phi) is 2.38. The number of fused-ring (bicyclic) bond motifs is 1. The summed E-state index contributed by atoms with van der Waals surface area (Å²) >= 11 is 1.89. The van der Waals surface area contributed by atoms with Gasteiger partial charge in [-0.2, -0.15) is 0 Å². The maximum atomic E-state index is 4.61. The molecule has 78 valence electrons. The predicted octanol–water partition coefficient (Wildman–Crippen LogP) is 2.87. The van der Waals surface area contributed by atoms with Crippen molar-refractivity contribution in [1.82, 2.24) is 4.90 Å². The summed E-state index contributed by atoms with van der Waals surface area (Å²) in [5.74, 6) is 0. The van der Waals surface area contributed by atoms with E-state index in [1.54, 1.807) is 0 Å². The molecule has 0 amide bonds. The Morgan fingerprint density at radius 3 is 2.86 bits per heavy atom. The summed E-state index contributed by atoms with van der Waals surface area (Å²) in [6.07, 6.45) is 3.40. The minimum atomic E-state index is 0.241. The van der Waals surface area contributed by atoms with E-state index in [0.29, 0.717) is 5.37 Å². The van der Waals surface area contributed by atoms with Crippen molar-refractivity contribution in [3.05, 3.63) is 11.1 Å². The first-order chi connectivity index (χ1) is 6.47. The first-order valence-electron chi connectivity index (χ1n) is 5.19. The molecular weight excluding hydrogens is 192 g/mol. The Morgan fingerprint density at radius 1 is 1.50 bits per heavy atom. The first kappa shape index (κ1) is 10.1. The average molecular weight is 210 g/mol. The summed E-state index contributed by atoms with van der Waals surface area (Å²) in [5.41, 5.74) is 1.56. The summed E-state index contributed by atoms with van der Waals surface area (Å²) in [7, 11) is 0. The molecule has 14 heavy (non-hydrogen) atoms. The van der Waals surface area contributed by atoms with Gasteiger partial charge in [-0.15, -0.1) is 0 Å². The van der Waals surface area contributed by atoms with Gasteiger partial charge in [-0.05, 0) is 27.7 Å². The molecule has 2 rings (SSSR count). The maximum absolute atomic E-state index is 4.61. The topological polar surface area (TPSA) is 15.6 Å². The van der Waals surface area contributed by atoms with Crippen LogP contribution >= 0.6 is 11.8 Å². The fourth-order valence-corrected chi connectivity index (χ4v) is 2.84. The highest BCUT2D eigenvalue weighted by molar-refractivity contribution is 8.05. The lowest BCUT2D eigenvalue weighted by Gasteiger charge is -2.37. The third-order valence-electron chi connectivity index (χ3n) is 2.64. The van der Waals surface area contributed by atoms with Crippen molar-refractivity contribution in [2.45, 2.75) is 45.0 Å². The van der Waals surface area contributed by atoms with Crippen molar-refractivity contribution in [1.29, 1.82) is 0 Å². The van der Waals surface area contributed by atoms with E-state index in [2.05, 4.69) is 43.8 Å². The van der Waals surface area contributed by atoms with Crippen LogP contribution in [0.2, 0.25) is 0 Å². The number of rotatable bonds is 0. The number of allylic oxidation sites excluding steroid dienone is 1. The van der Waals surface area contributed by atoms with Gasteiger partial charge in [-0.3, -0.25) is 4.99 Å². The van der Waals surface area contributed by atoms with Crippen LogP contribution in [0.15, 0.2) is 16.1 Å². The van der Waals surface area contributed by atoms with E-state index in [4.69, 9.17) is 0 Å². The molecule has 0 saturated carbocycles. The molecule has 0 N–H and O–H groups in total. The zero-order chi connectivity index (χ0) is 10.3. The van der Waals surface area contributed by atoms with Gasteiger partial charge in [-0.25, -0.2) is 0 Å². The SMILES string of the molecule is CC1N=C2CCN(C(C)(C)C)C=C2S1. The third-order valence-corrected chi connectivity index (χ3v) is 3.69. The summed E-state index contributed by atoms with van der Waals surface area (Å²) in [4.78, 5) is 8.42. The summed E-state index contributed by atoms with van der Waals surface area (Å²) in [5, 5.41) is 0.427. The number of hydrogen-bond acceptors (Lipinski definition) is 3. The third kappa shape index (κ3) is 1.83. The van der Waals surface area contributed by atoms with Crippen LogP contribution in [0.25, 0.3) is 0 Å². The van der Waals surface area contributed by atoms with E-state index >= 15 is 0 Å². The van der Waals surface area contributed by atoms with Crippen molar-refractivity contribution in [3.8, 4) is 0 Å². The lowest BCUT2D eigenvalue weighted by Crippen LogP contribution is -2.40. The van der Waals surface area contributed by atoms with Gasteiger partial charge in [0.1, 0.15) is 0 Å². The largest absolute Gasteiger partial charge is 0.371 e. The second-order valence-electron chi connectivity index (χ2n) is 4.90. The Bertz CT molecular complexity index is 299. The van der Waals surface area contributed by atoms with Crippen LogP contribution in [0.4, 0.5) is 0 Å². The van der Waals surface area contributed by atoms with Crippen LogP contribution in [0.3, 0.4) is 0 Å². The first-order valence-corrected chi connectivity index (χ1v) is 6.07. The van der Waals surface area contributed by atoms with E-state index in [9.17, 15) is 0 Å². The van der Waals surface area contributed by atoms with Crippen LogP contribution in [0.5, 0.6) is 0 Å². The van der Waals surface area contributed by atoms with Crippen molar-refractivity contribution in [2.24, 2.45) is 4.99 Å². The molecule has 1 atom stereocenters. The molecule has 2 aliphatic rings. The van der Waals surface area contributed by atoms with Gasteiger partial charge in [0, 0.05) is 29.6 Å². The van der Waals surface area contributed by atoms with Gasteiger partial charge in [-0.1, -0.05) is 11.8 Å². The molecule has 0 saturated heterocycles. The van der Waals surface area contributed by atoms with Gasteiger partial charge < -0.3 is 4.90 Å². The highest BCUT2D eigenvalue weighted by Gasteiger charge is 2.28. The Morgan fingerprint density at radius 2 is 2.21 bits per heavy atom. The van der Waals surface area contributed by atoms with Gasteiger partial charge in [0.05, 0.1) is 11.1 Å². The maximum Gasteiger partial charge on any atom is 0.0974 e. The number of hydrogen-bond donors (Lipinski definition) is 0. The Balaban J connectivity index is 2.21. The summed E-state index contributed by atoms with van der Waals surface area (Å²) < 4.78 is 0. The minimum absolute atomic E-state index is 0.241. The molecule has 2 nitrogen and oxygen atoms in total. The molecule has 0 aliphatic carbocycles. The summed E-state index contributed by atoms with van der Waals surface area (Å²) in [6.45, 7) is 10.1. The molecule has 1 unspecified atom stereocenters. The lowest BCUT2D eigenvalue weighted by molar-refractivity contribution is 0.208. The van der Waals surface area contributed by atoms with Crippen molar-refractivity contribution >= 4 is 17.5 Å². The Hall–Kier alpha value is -0.440. The van der Waals surface area contributed by atoms with E-state index in [-0.39, 0.29) is 5.54 Å². The zero-order valence-corrected chi connectivity index (χ0v) is 10.2. The van der Waals surface area contributed by atoms with E-state index in [1.165, 1.54) is 10.6 Å². The second kappa shape index (κ2) is 3.30. The van der Waals surface area contributed by atoms with E-state index < -0.39 is 0 Å². The van der Waals surface area contributed by atoms with Gasteiger partial charge >= 0.3 is 0 Å². The highest BCUT2D eigenvalue weighted by Crippen LogP contribution is 2.36. The zero-order valence-electron chi connectivity index (χ0n) is 9.37. The monoisotopic (exact) mass is 210 g/mol. The molecule has 0 radical (unpaired) electrons. The van der Waals surface area contributed by atoms with Crippen LogP contribution in [0, 0.1) is 0 Å². The fraction of sp³-hybridized carbons (Fsp3) is 0.727. The van der Waals surface area contributed by atoms with E-state index in [0.717, 1.165) is 13.0 Å². The fourth-order valence-electron chi connectivity index (χ4n) is 1.82. The molecule has 0 fully saturated rings. The smallest absolute Gasteiger partial charge is 0.0974 e. The van der Waals surface area contributed by atoms with Crippen molar-refractivity contribution in [3.63, 3.8) is 0 Å². The molecule has 0 bridgehead atoms. The summed E-state index contributed by atoms with van der Waals surface area (Å²) in [6, 6.07) is 0. The number of nitrogens with zero attached hydrogens (tertiary/aromatic N) is 2. The second-order valence-corrected chi connectivity index (χ2v) is 6.26. The quantitative estimate of drug-likeness (QED) is 0.611. The molecule has 3 heteroatoms. The molecule has 0 aromatic rings. The normalized spacial score (nSPS) is 27.1. The van der Waals surface area contributed by atoms with Crippen LogP contribution in [0.1, 0.15) is 34.1 Å². The minimum Gasteiger partial charge on any atom is -0.371 e. The Labute approximate surface area is 90.5 Å². The van der Waals surface area contributed by atoms with Crippen LogP contribution in [-0.4, -0.2) is 28.1 Å². The van der Waals surface area contributed by atoms with Gasteiger partial charge in [0.2, 0.25) is 0 Å². The van der Waals surface area contributed by atoms with Crippen molar-refractivity contribution in [2.75, 3.05) is 6.54 Å². The van der Waals surface area contributed by atoms with Gasteiger partial charge in [0.15, 0.2) is 0 Å². The molecule has 0 spiro atoms. The molecular formula is C11H18N2S.